The summed E-state index contributed by atoms with van der Waals surface area (Å²) in [4.78, 5) is 1.58. The summed E-state index contributed by atoms with van der Waals surface area (Å²) in [6.45, 7) is 6.13. The monoisotopic (exact) mass is 398 g/mol. The molecule has 3 aromatic rings. The minimum Gasteiger partial charge on any atom is -0.496 e. The zero-order valence-electron chi connectivity index (χ0n) is 17.8. The molecule has 2 aromatic heterocycles. The maximum absolute atomic E-state index is 5.66. The van der Waals surface area contributed by atoms with Crippen molar-refractivity contribution in [3.8, 4) is 11.4 Å². The Morgan fingerprint density at radius 1 is 1.03 bits per heavy atom. The third-order valence-electron chi connectivity index (χ3n) is 4.83. The minimum absolute atomic E-state index is 0.281. The Kier molecular flexibility index (Phi) is 7.32. The number of rotatable bonds is 11. The lowest BCUT2D eigenvalue weighted by Crippen LogP contribution is -2.02. The van der Waals surface area contributed by atoms with Crippen LogP contribution in [-0.2, 0) is 19.3 Å². The Labute approximate surface area is 171 Å². The van der Waals surface area contributed by atoms with Gasteiger partial charge in [0.25, 0.3) is 0 Å². The summed E-state index contributed by atoms with van der Waals surface area (Å²) in [5.74, 6) is 3.39. The smallest absolute Gasteiger partial charge is 0.219 e. The van der Waals surface area contributed by atoms with Crippen molar-refractivity contribution in [2.24, 2.45) is 0 Å². The molecule has 0 amide bonds. The summed E-state index contributed by atoms with van der Waals surface area (Å²) in [5.41, 5.74) is 2.07. The van der Waals surface area contributed by atoms with E-state index < -0.39 is 0 Å². The van der Waals surface area contributed by atoms with Crippen molar-refractivity contribution in [2.75, 3.05) is 7.11 Å². The van der Waals surface area contributed by atoms with Crippen LogP contribution < -0.4 is 4.74 Å². The van der Waals surface area contributed by atoms with Crippen molar-refractivity contribution in [3.05, 3.63) is 41.4 Å². The Hall–Kier alpha value is -2.77. The predicted molar refractivity (Wildman–Crippen MR) is 109 cm³/mol. The van der Waals surface area contributed by atoms with E-state index in [0.717, 1.165) is 74.0 Å². The molecule has 0 radical (unpaired) electrons. The Bertz CT molecular complexity index is 902. The first-order valence-electron chi connectivity index (χ1n) is 10.4. The van der Waals surface area contributed by atoms with Crippen LogP contribution in [0.15, 0.2) is 22.6 Å². The molecule has 0 aliphatic heterocycles. The highest BCUT2D eigenvalue weighted by molar-refractivity contribution is 5.43. The van der Waals surface area contributed by atoms with Crippen LogP contribution in [0.5, 0.6) is 5.75 Å². The fourth-order valence-corrected chi connectivity index (χ4v) is 3.13. The highest BCUT2D eigenvalue weighted by Gasteiger charge is 2.10. The molecule has 0 unspecified atom stereocenters. The molecule has 3 rings (SSSR count). The maximum Gasteiger partial charge on any atom is 0.219 e. The molecule has 0 spiro atoms. The van der Waals surface area contributed by atoms with E-state index in [1.54, 1.807) is 11.9 Å². The SMILES string of the molecule is CCc1nnn(-c2ccc(OC)c(CCCCCCc3nnc(C(C)C)o3)c2)n1. The molecule has 8 nitrogen and oxygen atoms in total. The lowest BCUT2D eigenvalue weighted by molar-refractivity contribution is 0.408. The number of tetrazole rings is 1. The quantitative estimate of drug-likeness (QED) is 0.449. The zero-order chi connectivity index (χ0) is 20.6. The number of aryl methyl sites for hydroxylation is 3. The molecule has 0 aliphatic carbocycles. The third-order valence-corrected chi connectivity index (χ3v) is 4.83. The van der Waals surface area contributed by atoms with Crippen LogP contribution in [-0.4, -0.2) is 37.5 Å². The van der Waals surface area contributed by atoms with Crippen LogP contribution in [0.3, 0.4) is 0 Å². The van der Waals surface area contributed by atoms with Crippen molar-refractivity contribution in [1.29, 1.82) is 0 Å². The van der Waals surface area contributed by atoms with E-state index in [-0.39, 0.29) is 5.92 Å². The molecule has 0 saturated heterocycles. The van der Waals surface area contributed by atoms with E-state index in [9.17, 15) is 0 Å². The molecule has 0 bridgehead atoms. The van der Waals surface area contributed by atoms with Gasteiger partial charge in [0.05, 0.1) is 12.8 Å². The molecule has 156 valence electrons. The van der Waals surface area contributed by atoms with Crippen molar-refractivity contribution < 1.29 is 9.15 Å². The van der Waals surface area contributed by atoms with Gasteiger partial charge in [-0.15, -0.1) is 25.2 Å². The van der Waals surface area contributed by atoms with E-state index >= 15 is 0 Å². The number of benzene rings is 1. The molecule has 0 fully saturated rings. The number of aromatic nitrogens is 6. The number of methoxy groups -OCH3 is 1. The second kappa shape index (κ2) is 10.1. The molecule has 0 N–H and O–H groups in total. The summed E-state index contributed by atoms with van der Waals surface area (Å²) in [5, 5.41) is 20.8. The van der Waals surface area contributed by atoms with Gasteiger partial charge in [-0.2, -0.15) is 0 Å². The summed E-state index contributed by atoms with van der Waals surface area (Å²) in [6, 6.07) is 6.02. The number of hydrogen-bond donors (Lipinski definition) is 0. The molecule has 0 atom stereocenters. The van der Waals surface area contributed by atoms with Crippen molar-refractivity contribution >= 4 is 0 Å². The fraction of sp³-hybridized carbons (Fsp3) is 0.571. The van der Waals surface area contributed by atoms with Gasteiger partial charge in [-0.05, 0) is 48.2 Å². The summed E-state index contributed by atoms with van der Waals surface area (Å²) < 4.78 is 11.2. The summed E-state index contributed by atoms with van der Waals surface area (Å²) in [6.07, 6.45) is 6.98. The van der Waals surface area contributed by atoms with Crippen molar-refractivity contribution in [1.82, 2.24) is 30.4 Å². The van der Waals surface area contributed by atoms with E-state index in [1.165, 1.54) is 5.56 Å². The van der Waals surface area contributed by atoms with Gasteiger partial charge in [-0.3, -0.25) is 0 Å². The van der Waals surface area contributed by atoms with Crippen LogP contribution in [0.4, 0.5) is 0 Å². The van der Waals surface area contributed by atoms with E-state index in [2.05, 4.69) is 45.5 Å². The first-order valence-corrected chi connectivity index (χ1v) is 10.4. The minimum atomic E-state index is 0.281. The maximum atomic E-state index is 5.66. The number of hydrogen-bond acceptors (Lipinski definition) is 7. The average molecular weight is 399 g/mol. The fourth-order valence-electron chi connectivity index (χ4n) is 3.13. The lowest BCUT2D eigenvalue weighted by Gasteiger charge is -2.10. The molecule has 0 saturated carbocycles. The van der Waals surface area contributed by atoms with Gasteiger partial charge in [0.1, 0.15) is 5.75 Å². The lowest BCUT2D eigenvalue weighted by atomic mass is 10.0. The van der Waals surface area contributed by atoms with Gasteiger partial charge < -0.3 is 9.15 Å². The highest BCUT2D eigenvalue weighted by atomic mass is 16.5. The second-order valence-electron chi connectivity index (χ2n) is 7.45. The van der Waals surface area contributed by atoms with E-state index in [4.69, 9.17) is 9.15 Å². The molecule has 1 aromatic carbocycles. The van der Waals surface area contributed by atoms with Crippen LogP contribution in [0, 0.1) is 0 Å². The molecule has 2 heterocycles. The van der Waals surface area contributed by atoms with E-state index in [1.807, 2.05) is 19.1 Å². The first kappa shape index (κ1) is 21.0. The number of nitrogens with zero attached hydrogens (tertiary/aromatic N) is 6. The average Bonchev–Trinajstić information content (AvgIpc) is 3.40. The van der Waals surface area contributed by atoms with Gasteiger partial charge in [-0.1, -0.05) is 33.6 Å². The van der Waals surface area contributed by atoms with Crippen LogP contribution in [0.1, 0.15) is 75.5 Å². The third kappa shape index (κ3) is 5.62. The molecule has 29 heavy (non-hydrogen) atoms. The standard InChI is InChI=1S/C21H30N6O2/c1-5-19-22-26-27(25-19)17-12-13-18(28-4)16(14-17)10-8-6-7-9-11-20-23-24-21(29-20)15(2)3/h12-15H,5-11H2,1-4H3. The van der Waals surface area contributed by atoms with Gasteiger partial charge in [0, 0.05) is 18.8 Å². The molecule has 0 aliphatic rings. The predicted octanol–water partition coefficient (Wildman–Crippen LogP) is 4.09. The Balaban J connectivity index is 1.48. The second-order valence-corrected chi connectivity index (χ2v) is 7.45. The number of ether oxygens (including phenoxy) is 1. The van der Waals surface area contributed by atoms with Crippen molar-refractivity contribution in [3.63, 3.8) is 0 Å². The first-order chi connectivity index (χ1) is 14.1. The summed E-state index contributed by atoms with van der Waals surface area (Å²) >= 11 is 0. The van der Waals surface area contributed by atoms with E-state index in [0.29, 0.717) is 0 Å². The van der Waals surface area contributed by atoms with Gasteiger partial charge in [-0.25, -0.2) is 0 Å². The topological polar surface area (TPSA) is 91.8 Å². The summed E-state index contributed by atoms with van der Waals surface area (Å²) in [7, 11) is 1.71. The van der Waals surface area contributed by atoms with Gasteiger partial charge in [0.15, 0.2) is 5.82 Å². The molecule has 8 heteroatoms. The van der Waals surface area contributed by atoms with Crippen molar-refractivity contribution in [2.45, 2.75) is 71.6 Å². The van der Waals surface area contributed by atoms with Crippen LogP contribution in [0.2, 0.25) is 0 Å². The Morgan fingerprint density at radius 2 is 1.83 bits per heavy atom. The zero-order valence-corrected chi connectivity index (χ0v) is 17.8. The highest BCUT2D eigenvalue weighted by Crippen LogP contribution is 2.24. The molecular formula is C21H30N6O2. The van der Waals surface area contributed by atoms with Gasteiger partial charge in [0.2, 0.25) is 11.8 Å². The Morgan fingerprint density at radius 3 is 2.48 bits per heavy atom. The number of unbranched alkanes of at least 4 members (excludes halogenated alkanes) is 3. The normalized spacial score (nSPS) is 11.3. The van der Waals surface area contributed by atoms with Crippen LogP contribution >= 0.6 is 0 Å². The molecular weight excluding hydrogens is 368 g/mol. The largest absolute Gasteiger partial charge is 0.496 e. The van der Waals surface area contributed by atoms with Gasteiger partial charge >= 0.3 is 0 Å². The van der Waals surface area contributed by atoms with Crippen LogP contribution in [0.25, 0.3) is 5.69 Å².